The van der Waals surface area contributed by atoms with E-state index in [1.54, 1.807) is 10.9 Å². The number of nitrogens with one attached hydrogen (secondary N) is 3. The molecule has 51 heavy (non-hydrogen) atoms. The van der Waals surface area contributed by atoms with Gasteiger partial charge in [-0.05, 0) is 60.5 Å². The van der Waals surface area contributed by atoms with E-state index >= 15 is 0 Å². The molecule has 0 bridgehead atoms. The van der Waals surface area contributed by atoms with Crippen molar-refractivity contribution in [2.24, 2.45) is 0 Å². The molecule has 2 aromatic heterocycles. The fourth-order valence-corrected chi connectivity index (χ4v) is 5.01. The summed E-state index contributed by atoms with van der Waals surface area (Å²) in [7, 11) is 2.88. The molecule has 0 atom stereocenters. The highest BCUT2D eigenvalue weighted by Crippen LogP contribution is 2.32. The average molecular weight is 715 g/mol. The largest absolute Gasteiger partial charge is 0.493 e. The molecule has 0 unspecified atom stereocenters. The van der Waals surface area contributed by atoms with Gasteiger partial charge in [-0.25, -0.2) is 14.5 Å². The lowest BCUT2D eigenvalue weighted by molar-refractivity contribution is -0.119. The summed E-state index contributed by atoms with van der Waals surface area (Å²) in [4.78, 5) is 39.0. The molecule has 3 aromatic carbocycles. The SMILES string of the molecule is COCC(=O)Cl.COCC(=O)Nc1cc(CCOc2ccc(NC(=O)Nc3cc(C(C)(C)C)nn3-c3ccc(C)cc3)c3ccccc23)ccn1. The van der Waals surface area contributed by atoms with Gasteiger partial charge in [0.25, 0.3) is 5.91 Å². The molecule has 0 spiro atoms. The first-order valence-electron chi connectivity index (χ1n) is 16.2. The van der Waals surface area contributed by atoms with Gasteiger partial charge in [0.15, 0.2) is 0 Å². The monoisotopic (exact) mass is 714 g/mol. The van der Waals surface area contributed by atoms with Gasteiger partial charge in [-0.1, -0.05) is 62.7 Å². The number of ether oxygens (including phenoxy) is 3. The summed E-state index contributed by atoms with van der Waals surface area (Å²) in [6, 6.07) is 24.7. The lowest BCUT2D eigenvalue weighted by Gasteiger charge is -2.14. The van der Waals surface area contributed by atoms with E-state index in [2.05, 4.69) is 46.4 Å². The second kappa shape index (κ2) is 18.1. The van der Waals surface area contributed by atoms with E-state index in [4.69, 9.17) is 26.2 Å². The maximum absolute atomic E-state index is 13.3. The molecule has 2 heterocycles. The Morgan fingerprint density at radius 1 is 0.843 bits per heavy atom. The second-order valence-corrected chi connectivity index (χ2v) is 13.0. The number of rotatable bonds is 12. The van der Waals surface area contributed by atoms with Gasteiger partial charge in [0.05, 0.1) is 23.7 Å². The topological polar surface area (TPSA) is 146 Å². The van der Waals surface area contributed by atoms with Gasteiger partial charge in [-0.2, -0.15) is 5.10 Å². The van der Waals surface area contributed by atoms with Gasteiger partial charge in [0.1, 0.15) is 30.6 Å². The molecule has 0 aliphatic heterocycles. The number of pyridine rings is 1. The molecule has 0 radical (unpaired) electrons. The first-order valence-corrected chi connectivity index (χ1v) is 16.6. The van der Waals surface area contributed by atoms with Crippen molar-refractivity contribution in [1.82, 2.24) is 14.8 Å². The number of aromatic nitrogens is 3. The molecule has 3 amide bonds. The van der Waals surface area contributed by atoms with Gasteiger partial charge >= 0.3 is 6.03 Å². The summed E-state index contributed by atoms with van der Waals surface area (Å²) < 4.78 is 17.1. The van der Waals surface area contributed by atoms with Crippen molar-refractivity contribution >= 4 is 56.9 Å². The molecule has 0 saturated carbocycles. The standard InChI is InChI=1S/C35H38N6O4.C3H5ClO2/c1-23-10-12-25(13-11-23)41-32(21-30(40-41)35(2,3)4)39-34(43)37-28-14-15-29(27-9-7-6-8-26(27)28)45-19-17-24-16-18-36-31(20-24)38-33(42)22-44-5;1-6-2-3(4)5/h6-16,18,20-21H,17,19,22H2,1-5H3,(H,36,38,42)(H2,37,39,43);2H2,1H3. The zero-order chi connectivity index (χ0) is 37.0. The highest BCUT2D eigenvalue weighted by molar-refractivity contribution is 6.63. The van der Waals surface area contributed by atoms with E-state index in [1.165, 1.54) is 14.2 Å². The normalized spacial score (nSPS) is 11.0. The van der Waals surface area contributed by atoms with Crippen molar-refractivity contribution in [1.29, 1.82) is 0 Å². The smallest absolute Gasteiger partial charge is 0.324 e. The van der Waals surface area contributed by atoms with Crippen LogP contribution in [0, 0.1) is 6.92 Å². The molecule has 5 rings (SSSR count). The van der Waals surface area contributed by atoms with Crippen molar-refractivity contribution < 1.29 is 28.6 Å². The number of amides is 3. The Morgan fingerprint density at radius 3 is 2.20 bits per heavy atom. The number of aryl methyl sites for hydroxylation is 1. The number of halogens is 1. The number of fused-ring (bicyclic) bond motifs is 1. The second-order valence-electron chi connectivity index (χ2n) is 12.6. The third-order valence-corrected chi connectivity index (χ3v) is 7.51. The molecule has 0 aliphatic rings. The maximum Gasteiger partial charge on any atom is 0.324 e. The van der Waals surface area contributed by atoms with Crippen LogP contribution < -0.4 is 20.7 Å². The number of benzene rings is 3. The Labute approximate surface area is 302 Å². The van der Waals surface area contributed by atoms with E-state index in [1.807, 2.05) is 85.8 Å². The molecular formula is C38H43ClN6O6. The van der Waals surface area contributed by atoms with Crippen LogP contribution in [-0.4, -0.2) is 66.0 Å². The number of carbonyl (C=O) groups is 3. The van der Waals surface area contributed by atoms with E-state index in [0.29, 0.717) is 36.1 Å². The van der Waals surface area contributed by atoms with Crippen LogP contribution in [0.25, 0.3) is 16.5 Å². The molecule has 0 aliphatic carbocycles. The molecule has 13 heteroatoms. The van der Waals surface area contributed by atoms with E-state index in [0.717, 1.165) is 33.3 Å². The van der Waals surface area contributed by atoms with Crippen LogP contribution in [0.4, 0.5) is 22.1 Å². The Balaban J connectivity index is 0.000000894. The van der Waals surface area contributed by atoms with Crippen LogP contribution >= 0.6 is 11.6 Å². The zero-order valence-corrected chi connectivity index (χ0v) is 30.3. The van der Waals surface area contributed by atoms with Crippen molar-refractivity contribution in [3.63, 3.8) is 0 Å². The van der Waals surface area contributed by atoms with Gasteiger partial charge in [-0.3, -0.25) is 14.9 Å². The lowest BCUT2D eigenvalue weighted by Crippen LogP contribution is -2.21. The van der Waals surface area contributed by atoms with Crippen molar-refractivity contribution in [2.45, 2.75) is 39.5 Å². The van der Waals surface area contributed by atoms with E-state index in [9.17, 15) is 14.4 Å². The summed E-state index contributed by atoms with van der Waals surface area (Å²) in [5.41, 5.74) is 4.29. The minimum absolute atomic E-state index is 0.00154. The van der Waals surface area contributed by atoms with Crippen molar-refractivity contribution in [3.05, 3.63) is 102 Å². The number of nitrogens with zero attached hydrogens (tertiary/aromatic N) is 3. The van der Waals surface area contributed by atoms with Crippen LogP contribution in [-0.2, 0) is 30.9 Å². The lowest BCUT2D eigenvalue weighted by atomic mass is 9.92. The van der Waals surface area contributed by atoms with Crippen molar-refractivity contribution in [2.75, 3.05) is 50.0 Å². The molecule has 5 aromatic rings. The Hall–Kier alpha value is -5.30. The van der Waals surface area contributed by atoms with Gasteiger partial charge in [-0.15, -0.1) is 0 Å². The molecule has 12 nitrogen and oxygen atoms in total. The number of carbonyl (C=O) groups excluding carboxylic acids is 3. The van der Waals surface area contributed by atoms with Crippen LogP contribution in [0.15, 0.2) is 85.1 Å². The fraction of sp³-hybridized carbons (Fsp3) is 0.289. The summed E-state index contributed by atoms with van der Waals surface area (Å²) >= 11 is 4.81. The Bertz CT molecular complexity index is 1960. The van der Waals surface area contributed by atoms with E-state index in [-0.39, 0.29) is 30.6 Å². The molecule has 0 fully saturated rings. The summed E-state index contributed by atoms with van der Waals surface area (Å²) in [5.74, 6) is 1.47. The predicted molar refractivity (Wildman–Crippen MR) is 200 cm³/mol. The fourth-order valence-electron chi connectivity index (χ4n) is 4.90. The summed E-state index contributed by atoms with van der Waals surface area (Å²) in [6.07, 6.45) is 2.26. The Morgan fingerprint density at radius 2 is 1.55 bits per heavy atom. The van der Waals surface area contributed by atoms with Crippen LogP contribution in [0.5, 0.6) is 5.75 Å². The molecule has 0 saturated heterocycles. The first-order chi connectivity index (χ1) is 24.4. The summed E-state index contributed by atoms with van der Waals surface area (Å²) in [5, 5.41) is 14.8. The predicted octanol–water partition coefficient (Wildman–Crippen LogP) is 7.28. The number of hydrogen-bond acceptors (Lipinski definition) is 8. The van der Waals surface area contributed by atoms with Crippen LogP contribution in [0.3, 0.4) is 0 Å². The van der Waals surface area contributed by atoms with Gasteiger partial charge in [0, 0.05) is 49.1 Å². The highest BCUT2D eigenvalue weighted by atomic mass is 35.5. The average Bonchev–Trinajstić information content (AvgIpc) is 3.51. The number of methoxy groups -OCH3 is 2. The van der Waals surface area contributed by atoms with Crippen LogP contribution in [0.1, 0.15) is 37.6 Å². The molecule has 268 valence electrons. The van der Waals surface area contributed by atoms with Crippen LogP contribution in [0.2, 0.25) is 0 Å². The quantitative estimate of drug-likeness (QED) is 0.114. The van der Waals surface area contributed by atoms with Gasteiger partial charge < -0.3 is 24.8 Å². The first kappa shape index (κ1) is 38.5. The summed E-state index contributed by atoms with van der Waals surface area (Å²) in [6.45, 7) is 8.68. The number of anilines is 3. The number of urea groups is 1. The third kappa shape index (κ3) is 11.4. The highest BCUT2D eigenvalue weighted by Gasteiger charge is 2.22. The molecule has 3 N–H and O–H groups in total. The van der Waals surface area contributed by atoms with E-state index < -0.39 is 5.24 Å². The third-order valence-electron chi connectivity index (χ3n) is 7.40. The van der Waals surface area contributed by atoms with Crippen molar-refractivity contribution in [3.8, 4) is 11.4 Å². The van der Waals surface area contributed by atoms with Gasteiger partial charge in [0.2, 0.25) is 5.24 Å². The zero-order valence-electron chi connectivity index (χ0n) is 29.6. The minimum atomic E-state index is -0.461. The maximum atomic E-state index is 13.3. The Kier molecular flexibility index (Phi) is 13.7. The molecular weight excluding hydrogens is 672 g/mol. The minimum Gasteiger partial charge on any atom is -0.493 e. The number of hydrogen-bond donors (Lipinski definition) is 3.